The van der Waals surface area contributed by atoms with Gasteiger partial charge in [0.25, 0.3) is 0 Å². The van der Waals surface area contributed by atoms with Gasteiger partial charge in [0, 0.05) is 0 Å². The lowest BCUT2D eigenvalue weighted by atomic mass is 10.2. The second-order valence-corrected chi connectivity index (χ2v) is 27.0. The summed E-state index contributed by atoms with van der Waals surface area (Å²) >= 11 is 8.96. The van der Waals surface area contributed by atoms with E-state index in [0.717, 1.165) is 0 Å². The summed E-state index contributed by atoms with van der Waals surface area (Å²) in [7, 11) is -1.91. The predicted molar refractivity (Wildman–Crippen MR) is 292 cm³/mol. The fraction of sp³-hybridized carbons (Fsp3) is 1.00. The minimum Gasteiger partial charge on any atom is -0.808 e. The molecule has 0 heterocycles. The van der Waals surface area contributed by atoms with Crippen molar-refractivity contribution in [2.75, 3.05) is 107 Å². The first-order valence-electron chi connectivity index (χ1n) is 28.0. The number of nitrogens with zero attached hydrogens (tertiary/aromatic N) is 4. The Hall–Kier alpha value is 0.720. The Morgan fingerprint density at radius 1 is 0.284 bits per heavy atom. The Bertz CT molecular complexity index is 914. The summed E-state index contributed by atoms with van der Waals surface area (Å²) in [5.41, 5.74) is 0. The zero-order valence-electron chi connectivity index (χ0n) is 47.8. The standard InChI is InChI=1S/4C13H30N.CH4Cl2O6P2/c4*1-5-8-11-14(4,12-9-6-2)13-10-7-3;2-1(3,10(4,5)6)11(7,8)9/h4*5-13H2,1-4H3;(H2,4,5,6)(H2,7,8,9)/q4*+1;/p-4. The van der Waals surface area contributed by atoms with Gasteiger partial charge in [-0.25, -0.2) is 0 Å². The molecular formula is C53H120Cl2N4O6P2. The highest BCUT2D eigenvalue weighted by Crippen LogP contribution is 2.66. The number of alkyl halides is 2. The molecule has 0 fully saturated rings. The maximum absolute atomic E-state index is 9.94. The molecule has 0 aromatic carbocycles. The molecule has 0 N–H and O–H groups in total. The fourth-order valence-corrected chi connectivity index (χ4v) is 9.17. The average molecular weight is 1040 g/mol. The van der Waals surface area contributed by atoms with Crippen LogP contribution in [0.15, 0.2) is 0 Å². The van der Waals surface area contributed by atoms with Crippen molar-refractivity contribution in [1.29, 1.82) is 0 Å². The van der Waals surface area contributed by atoms with Crippen LogP contribution in [-0.2, 0) is 9.13 Å². The van der Waals surface area contributed by atoms with Crippen molar-refractivity contribution in [1.82, 2.24) is 0 Å². The molecule has 0 saturated heterocycles. The van der Waals surface area contributed by atoms with Gasteiger partial charge in [-0.05, 0) is 92.2 Å². The smallest absolute Gasteiger partial charge is 0.169 e. The molecule has 0 aliphatic rings. The first-order chi connectivity index (χ1) is 31.2. The van der Waals surface area contributed by atoms with Gasteiger partial charge in [0.05, 0.1) is 107 Å². The average Bonchev–Trinajstić information content (AvgIpc) is 3.29. The summed E-state index contributed by atoms with van der Waals surface area (Å²) in [5.74, 6) is 0. The molecule has 0 saturated carbocycles. The normalized spacial score (nSPS) is 12.5. The van der Waals surface area contributed by atoms with E-state index in [2.05, 4.69) is 134 Å². The predicted octanol–water partition coefficient (Wildman–Crippen LogP) is 13.2. The molecule has 0 rings (SSSR count). The summed E-state index contributed by atoms with van der Waals surface area (Å²) in [6.45, 7) is 44.2. The van der Waals surface area contributed by atoms with Crippen LogP contribution < -0.4 is 19.6 Å². The molecule has 0 aliphatic carbocycles. The molecule has 0 aromatic heterocycles. The maximum atomic E-state index is 9.94. The van der Waals surface area contributed by atoms with E-state index >= 15 is 0 Å². The summed E-state index contributed by atoms with van der Waals surface area (Å²) in [6.07, 6.45) is 32.8. The molecule has 14 heteroatoms. The van der Waals surface area contributed by atoms with E-state index < -0.39 is 19.0 Å². The first kappa shape index (κ1) is 76.6. The maximum Gasteiger partial charge on any atom is 0.169 e. The molecule has 0 bridgehead atoms. The minimum atomic E-state index is -5.85. The van der Waals surface area contributed by atoms with Gasteiger partial charge in [-0.1, -0.05) is 183 Å². The van der Waals surface area contributed by atoms with Crippen molar-refractivity contribution in [3.05, 3.63) is 0 Å². The van der Waals surface area contributed by atoms with E-state index in [1.54, 1.807) is 0 Å². The summed E-state index contributed by atoms with van der Waals surface area (Å²) in [6, 6.07) is 0. The molecule has 0 atom stereocenters. The van der Waals surface area contributed by atoms with Gasteiger partial charge in [-0.15, -0.1) is 0 Å². The largest absolute Gasteiger partial charge is 0.808 e. The van der Waals surface area contributed by atoms with Gasteiger partial charge in [0.1, 0.15) is 0 Å². The van der Waals surface area contributed by atoms with Crippen LogP contribution in [0.2, 0.25) is 0 Å². The molecule has 412 valence electrons. The van der Waals surface area contributed by atoms with Crippen LogP contribution in [0.5, 0.6) is 0 Å². The van der Waals surface area contributed by atoms with Gasteiger partial charge in [-0.3, -0.25) is 0 Å². The number of hydrogen-bond donors (Lipinski definition) is 0. The Kier molecular flexibility index (Phi) is 53.2. The second-order valence-electron chi connectivity index (χ2n) is 20.9. The fourth-order valence-electron chi connectivity index (χ4n) is 7.97. The van der Waals surface area contributed by atoms with Crippen molar-refractivity contribution >= 4 is 38.4 Å². The van der Waals surface area contributed by atoms with Crippen molar-refractivity contribution in [3.8, 4) is 0 Å². The zero-order valence-corrected chi connectivity index (χ0v) is 51.1. The van der Waals surface area contributed by atoms with Crippen LogP contribution in [0.3, 0.4) is 0 Å². The first-order valence-corrected chi connectivity index (χ1v) is 31.8. The Morgan fingerprint density at radius 3 is 0.418 bits per heavy atom. The topological polar surface area (TPSA) is 126 Å². The van der Waals surface area contributed by atoms with Crippen LogP contribution in [0.25, 0.3) is 0 Å². The molecule has 0 aromatic rings. The van der Waals surface area contributed by atoms with E-state index in [-0.39, 0.29) is 0 Å². The minimum absolute atomic E-state index is 1.32. The Labute approximate surface area is 430 Å². The molecule has 0 amide bonds. The van der Waals surface area contributed by atoms with Gasteiger partial charge in [0.2, 0.25) is 0 Å². The molecule has 67 heavy (non-hydrogen) atoms. The van der Waals surface area contributed by atoms with E-state index in [1.807, 2.05) is 0 Å². The lowest BCUT2D eigenvalue weighted by Gasteiger charge is -2.51. The quantitative estimate of drug-likeness (QED) is 0.0344. The zero-order chi connectivity index (χ0) is 53.0. The van der Waals surface area contributed by atoms with Gasteiger partial charge in [-0.2, -0.15) is 0 Å². The van der Waals surface area contributed by atoms with Crippen molar-refractivity contribution in [3.63, 3.8) is 0 Å². The molecule has 0 spiro atoms. The van der Waals surface area contributed by atoms with Crippen LogP contribution in [0.1, 0.15) is 237 Å². The third-order valence-corrected chi connectivity index (χ3v) is 18.5. The summed E-state index contributed by atoms with van der Waals surface area (Å²) < 4.78 is 21.3. The summed E-state index contributed by atoms with van der Waals surface area (Å²) in [5, 5.41) is 0. The number of hydrogen-bond acceptors (Lipinski definition) is 6. The van der Waals surface area contributed by atoms with Crippen LogP contribution in [0.4, 0.5) is 0 Å². The Balaban J connectivity index is -0.000000240. The third-order valence-electron chi connectivity index (χ3n) is 13.3. The van der Waals surface area contributed by atoms with Crippen molar-refractivity contribution in [2.45, 2.75) is 241 Å². The molecule has 0 radical (unpaired) electrons. The summed E-state index contributed by atoms with van der Waals surface area (Å²) in [4.78, 5) is 39.7. The van der Waals surface area contributed by atoms with Gasteiger partial charge >= 0.3 is 0 Å². The molecular weight excluding hydrogens is 921 g/mol. The highest BCUT2D eigenvalue weighted by molar-refractivity contribution is 7.76. The van der Waals surface area contributed by atoms with Gasteiger partial charge in [0.15, 0.2) is 3.82 Å². The lowest BCUT2D eigenvalue weighted by Crippen LogP contribution is -2.46. The number of unbranched alkanes of at least 4 members (excludes halogenated alkanes) is 12. The lowest BCUT2D eigenvalue weighted by molar-refractivity contribution is -0.910. The highest BCUT2D eigenvalue weighted by Gasteiger charge is 2.33. The van der Waals surface area contributed by atoms with Crippen LogP contribution in [-0.4, -0.2) is 128 Å². The molecule has 0 unspecified atom stereocenters. The van der Waals surface area contributed by atoms with Crippen LogP contribution in [0, 0.1) is 0 Å². The van der Waals surface area contributed by atoms with Crippen molar-refractivity contribution in [2.24, 2.45) is 0 Å². The van der Waals surface area contributed by atoms with Crippen molar-refractivity contribution < 1.29 is 46.6 Å². The number of quaternary nitrogens is 4. The molecule has 0 aliphatic heterocycles. The molecule has 10 nitrogen and oxygen atoms in total. The third kappa shape index (κ3) is 45.1. The van der Waals surface area contributed by atoms with E-state index in [4.69, 9.17) is 0 Å². The SMILES string of the molecule is CCCC[N+](C)(CCCC)CCCC.CCCC[N+](C)(CCCC)CCCC.CCCC[N+](C)(CCCC)CCCC.CCCC[N+](C)(CCCC)CCCC.O=P([O-])([O-])C(Cl)(Cl)P(=O)([O-])[O-]. The van der Waals surface area contributed by atoms with E-state index in [1.165, 1.54) is 251 Å². The van der Waals surface area contributed by atoms with E-state index in [9.17, 15) is 28.7 Å². The second kappa shape index (κ2) is 46.5. The van der Waals surface area contributed by atoms with Gasteiger partial charge < -0.3 is 46.6 Å². The number of rotatable bonds is 38. The van der Waals surface area contributed by atoms with Crippen LogP contribution >= 0.6 is 38.4 Å². The number of halogens is 2. The monoisotopic (exact) mass is 1040 g/mol. The van der Waals surface area contributed by atoms with E-state index in [0.29, 0.717) is 0 Å². The Morgan fingerprint density at radius 2 is 0.373 bits per heavy atom. The highest BCUT2D eigenvalue weighted by atomic mass is 35.5.